The number of nitrogens with zero attached hydrogens (tertiary/aromatic N) is 4. The van der Waals surface area contributed by atoms with E-state index in [9.17, 15) is 26.3 Å². The maximum Gasteiger partial charge on any atom is 0.159 e. The minimum Gasteiger partial charge on any atom is -0.379 e. The van der Waals surface area contributed by atoms with Gasteiger partial charge in [0.05, 0.1) is 26.7 Å². The molecule has 2 aliphatic rings. The van der Waals surface area contributed by atoms with Crippen LogP contribution in [0.2, 0.25) is 0 Å². The zero-order chi connectivity index (χ0) is 47.4. The number of nitrogens with two attached hydrogens (primary N) is 3. The molecule has 0 aromatic heterocycles. The summed E-state index contributed by atoms with van der Waals surface area (Å²) >= 11 is 5.86. The van der Waals surface area contributed by atoms with Crippen molar-refractivity contribution in [3.63, 3.8) is 0 Å². The van der Waals surface area contributed by atoms with E-state index in [2.05, 4.69) is 32.8 Å². The number of thioether (sulfide) groups is 4. The molecule has 11 nitrogen and oxygen atoms in total. The van der Waals surface area contributed by atoms with Crippen LogP contribution in [-0.4, -0.2) is 57.1 Å². The van der Waals surface area contributed by atoms with Crippen molar-refractivity contribution in [2.45, 2.75) is 42.6 Å². The SMILES string of the molecule is Cl.Cl.Fc1ccc(CN2CN=C(SCc3ccccc3CSC3=NCN(Cc4ccc(F)c(F)c4)CN3)NC2)cc1F.N=C(N)SCc1ccccc1CSC(=N)N.NCc1ccc(F)c(F)c1. The van der Waals surface area contributed by atoms with Crippen LogP contribution in [0.15, 0.2) is 113 Å². The molecule has 10 N–H and O–H groups in total. The number of hydrogen-bond donors (Lipinski definition) is 7. The average molecular weight is 1060 g/mol. The highest BCUT2D eigenvalue weighted by Crippen LogP contribution is 2.24. The first-order chi connectivity index (χ1) is 31.8. The summed E-state index contributed by atoms with van der Waals surface area (Å²) in [5, 5.41) is 22.9. The first-order valence-electron chi connectivity index (χ1n) is 20.1. The molecular formula is C45H51Cl2F6N11S4. The van der Waals surface area contributed by atoms with Gasteiger partial charge in [-0.15, -0.1) is 24.8 Å². The summed E-state index contributed by atoms with van der Waals surface area (Å²) in [6.07, 6.45) is 0. The Morgan fingerprint density at radius 3 is 1.16 bits per heavy atom. The molecule has 2 heterocycles. The lowest BCUT2D eigenvalue weighted by Gasteiger charge is -2.27. The van der Waals surface area contributed by atoms with Gasteiger partial charge in [0.1, 0.15) is 0 Å². The molecule has 23 heteroatoms. The summed E-state index contributed by atoms with van der Waals surface area (Å²) in [6, 6.07) is 27.7. The van der Waals surface area contributed by atoms with Crippen LogP contribution in [0.3, 0.4) is 0 Å². The van der Waals surface area contributed by atoms with Gasteiger partial charge in [-0.05, 0) is 75.3 Å². The number of rotatable bonds is 13. The van der Waals surface area contributed by atoms with Crippen molar-refractivity contribution in [3.05, 3.63) is 177 Å². The lowest BCUT2D eigenvalue weighted by Crippen LogP contribution is -2.41. The summed E-state index contributed by atoms with van der Waals surface area (Å²) in [5.41, 5.74) is 22.5. The van der Waals surface area contributed by atoms with Crippen molar-refractivity contribution in [1.82, 2.24) is 20.4 Å². The predicted octanol–water partition coefficient (Wildman–Crippen LogP) is 9.67. The Labute approximate surface area is 421 Å². The van der Waals surface area contributed by atoms with E-state index in [1.165, 1.54) is 52.8 Å². The van der Waals surface area contributed by atoms with Crippen LogP contribution in [0.1, 0.15) is 38.9 Å². The molecule has 0 unspecified atom stereocenters. The molecule has 5 aromatic carbocycles. The van der Waals surface area contributed by atoms with Crippen LogP contribution < -0.4 is 27.8 Å². The van der Waals surface area contributed by atoms with Crippen LogP contribution in [0.5, 0.6) is 0 Å². The Balaban J connectivity index is 0.000000359. The fourth-order valence-corrected chi connectivity index (χ4v) is 9.01. The van der Waals surface area contributed by atoms with Crippen molar-refractivity contribution >= 4 is 92.5 Å². The van der Waals surface area contributed by atoms with Crippen molar-refractivity contribution in [1.29, 1.82) is 10.8 Å². The second-order valence-corrected chi connectivity index (χ2v) is 18.4. The van der Waals surface area contributed by atoms with E-state index < -0.39 is 34.9 Å². The third-order valence-electron chi connectivity index (χ3n) is 9.47. The van der Waals surface area contributed by atoms with E-state index in [1.807, 2.05) is 46.2 Å². The van der Waals surface area contributed by atoms with Gasteiger partial charge < -0.3 is 27.8 Å². The molecule has 0 spiro atoms. The van der Waals surface area contributed by atoms with Crippen LogP contribution >= 0.6 is 71.9 Å². The first-order valence-corrected chi connectivity index (χ1v) is 24.1. The van der Waals surface area contributed by atoms with Gasteiger partial charge in [-0.1, -0.05) is 114 Å². The number of hydrogen-bond acceptors (Lipinski definition) is 13. The van der Waals surface area contributed by atoms with E-state index in [1.54, 1.807) is 35.7 Å². The largest absolute Gasteiger partial charge is 0.379 e. The van der Waals surface area contributed by atoms with Gasteiger partial charge in [0.25, 0.3) is 0 Å². The van der Waals surface area contributed by atoms with Gasteiger partial charge >= 0.3 is 0 Å². The number of nitrogens with one attached hydrogen (secondary N) is 4. The fourth-order valence-electron chi connectivity index (χ4n) is 6.04. The summed E-state index contributed by atoms with van der Waals surface area (Å²) in [4.78, 5) is 13.2. The molecule has 5 aromatic rings. The smallest absolute Gasteiger partial charge is 0.159 e. The molecule has 366 valence electrons. The highest BCUT2D eigenvalue weighted by atomic mass is 35.5. The van der Waals surface area contributed by atoms with Crippen molar-refractivity contribution in [2.24, 2.45) is 27.2 Å². The first kappa shape index (κ1) is 57.7. The molecule has 0 fully saturated rings. The second kappa shape index (κ2) is 30.1. The molecule has 0 bridgehead atoms. The molecule has 7 rings (SSSR count). The van der Waals surface area contributed by atoms with E-state index in [-0.39, 0.29) is 41.7 Å². The van der Waals surface area contributed by atoms with Crippen LogP contribution in [0.4, 0.5) is 26.3 Å². The molecule has 0 radical (unpaired) electrons. The highest BCUT2D eigenvalue weighted by Gasteiger charge is 2.17. The Morgan fingerprint density at radius 1 is 0.515 bits per heavy atom. The average Bonchev–Trinajstić information content (AvgIpc) is 3.31. The van der Waals surface area contributed by atoms with Crippen molar-refractivity contribution in [3.8, 4) is 0 Å². The maximum absolute atomic E-state index is 13.5. The zero-order valence-electron chi connectivity index (χ0n) is 36.3. The summed E-state index contributed by atoms with van der Waals surface area (Å²) in [6.45, 7) is 3.28. The topological polar surface area (TPSA) is 181 Å². The lowest BCUT2D eigenvalue weighted by atomic mass is 10.1. The number of halogens is 8. The standard InChI is InChI=1S/C28H28F4N6S2.C10H14N4S2.C7H7F2N.2ClH/c29-23-7-5-19(9-25(23)31)11-37-15-33-27(34-16-37)39-13-21-3-1-2-4-22(21)14-40-28-35-17-38(18-36-28)12-20-6-8-24(30)26(32)10-20;11-9(12)15-5-7-3-1-2-4-8(7)6-16-10(13)14;8-6-2-1-5(4-10)3-7(6)9;;/h1-10H,11-18H2,(H,33,34)(H,35,36);1-4H,5-6H2,(H3,11,12)(H3,13,14);1-3H,4,10H2;2*1H. The molecule has 0 saturated carbocycles. The van der Waals surface area contributed by atoms with Gasteiger partial charge in [-0.25, -0.2) is 36.3 Å². The Hall–Kier alpha value is -4.58. The lowest BCUT2D eigenvalue weighted by molar-refractivity contribution is 0.258. The third kappa shape index (κ3) is 19.8. The van der Waals surface area contributed by atoms with Gasteiger partial charge in [0.2, 0.25) is 0 Å². The zero-order valence-corrected chi connectivity index (χ0v) is 41.2. The summed E-state index contributed by atoms with van der Waals surface area (Å²) in [5.74, 6) is -2.17. The summed E-state index contributed by atoms with van der Waals surface area (Å²) in [7, 11) is 0. The molecule has 68 heavy (non-hydrogen) atoms. The van der Waals surface area contributed by atoms with E-state index in [4.69, 9.17) is 28.0 Å². The Morgan fingerprint density at radius 2 is 0.853 bits per heavy atom. The molecule has 0 saturated heterocycles. The van der Waals surface area contributed by atoms with Gasteiger partial charge in [0.15, 0.2) is 55.6 Å². The normalized spacial score (nSPS) is 13.3. The van der Waals surface area contributed by atoms with Crippen molar-refractivity contribution in [2.75, 3.05) is 26.7 Å². The molecule has 0 aliphatic carbocycles. The molecule has 0 atom stereocenters. The maximum atomic E-state index is 13.5. The molecule has 0 amide bonds. The quantitative estimate of drug-likeness (QED) is 0.0339. The minimum atomic E-state index is -0.845. The van der Waals surface area contributed by atoms with Gasteiger partial charge in [0, 0.05) is 42.6 Å². The van der Waals surface area contributed by atoms with E-state index in [0.29, 0.717) is 68.0 Å². The predicted molar refractivity (Wildman–Crippen MR) is 275 cm³/mol. The third-order valence-corrected chi connectivity index (χ3v) is 13.0. The van der Waals surface area contributed by atoms with Gasteiger partial charge in [-0.3, -0.25) is 20.6 Å². The van der Waals surface area contributed by atoms with Crippen LogP contribution in [-0.2, 0) is 42.6 Å². The Kier molecular flexibility index (Phi) is 25.6. The summed E-state index contributed by atoms with van der Waals surface area (Å²) < 4.78 is 77.9. The van der Waals surface area contributed by atoms with Gasteiger partial charge in [-0.2, -0.15) is 0 Å². The second-order valence-electron chi connectivity index (χ2n) is 14.4. The Bertz CT molecular complexity index is 2350. The molecule has 2 aliphatic heterocycles. The number of amidine groups is 4. The number of benzene rings is 5. The van der Waals surface area contributed by atoms with Crippen LogP contribution in [0.25, 0.3) is 0 Å². The van der Waals surface area contributed by atoms with Crippen molar-refractivity contribution < 1.29 is 26.3 Å². The highest BCUT2D eigenvalue weighted by molar-refractivity contribution is 8.14. The van der Waals surface area contributed by atoms with Crippen LogP contribution in [0, 0.1) is 45.7 Å². The fraction of sp³-hybridized carbons (Fsp3) is 0.244. The van der Waals surface area contributed by atoms with E-state index in [0.717, 1.165) is 57.2 Å². The molecular weight excluding hydrogens is 1010 g/mol. The monoisotopic (exact) mass is 1060 g/mol. The number of aliphatic imine (C=N–C) groups is 2. The minimum absolute atomic E-state index is 0. The van der Waals surface area contributed by atoms with E-state index >= 15 is 0 Å².